The minimum Gasteiger partial charge on any atom is -0.468 e. The molecule has 2 aromatic rings. The average molecular weight is 351 g/mol. The molecule has 4 nitrogen and oxygen atoms in total. The van der Waals surface area contributed by atoms with Gasteiger partial charge in [-0.25, -0.2) is 4.79 Å². The lowest BCUT2D eigenvalue weighted by atomic mass is 9.99. The van der Waals surface area contributed by atoms with Crippen molar-refractivity contribution in [3.05, 3.63) is 46.5 Å². The third kappa shape index (κ3) is 5.04. The Morgan fingerprint density at radius 1 is 1.35 bits per heavy atom. The van der Waals surface area contributed by atoms with Crippen LogP contribution in [-0.4, -0.2) is 29.8 Å². The van der Waals surface area contributed by atoms with E-state index >= 15 is 0 Å². The van der Waals surface area contributed by atoms with Crippen LogP contribution >= 0.6 is 23.1 Å². The number of likely N-dealkylation sites (tertiary alicyclic amines) is 1. The van der Waals surface area contributed by atoms with Crippen LogP contribution in [0.1, 0.15) is 23.5 Å². The number of thioether (sulfide) groups is 1. The largest absolute Gasteiger partial charge is 0.468 e. The highest BCUT2D eigenvalue weighted by atomic mass is 32.2. The van der Waals surface area contributed by atoms with Crippen LogP contribution in [0.15, 0.2) is 40.3 Å². The van der Waals surface area contributed by atoms with Crippen LogP contribution < -0.4 is 5.32 Å². The molecule has 0 aliphatic carbocycles. The van der Waals surface area contributed by atoms with Gasteiger partial charge in [-0.05, 0) is 48.1 Å². The first-order valence-electron chi connectivity index (χ1n) is 7.96. The second-order valence-electron chi connectivity index (χ2n) is 5.76. The Morgan fingerprint density at radius 2 is 2.22 bits per heavy atom. The number of furan rings is 1. The molecule has 1 fully saturated rings. The molecule has 2 aromatic heterocycles. The number of nitrogens with zero attached hydrogens (tertiary/aromatic N) is 1. The Balaban J connectivity index is 1.32. The quantitative estimate of drug-likeness (QED) is 0.849. The van der Waals surface area contributed by atoms with Gasteiger partial charge < -0.3 is 14.6 Å². The summed E-state index contributed by atoms with van der Waals surface area (Å²) in [5.74, 6) is 3.83. The van der Waals surface area contributed by atoms with Crippen LogP contribution in [-0.2, 0) is 12.3 Å². The van der Waals surface area contributed by atoms with Crippen LogP contribution in [0.3, 0.4) is 0 Å². The molecule has 1 saturated heterocycles. The minimum absolute atomic E-state index is 0.0695. The van der Waals surface area contributed by atoms with Gasteiger partial charge in [0.15, 0.2) is 0 Å². The van der Waals surface area contributed by atoms with Crippen LogP contribution in [0.4, 0.5) is 4.79 Å². The molecule has 0 spiro atoms. The zero-order valence-electron chi connectivity index (χ0n) is 13.1. The molecule has 0 atom stereocenters. The number of carbonyl (C=O) groups is 1. The first-order chi connectivity index (χ1) is 11.3. The Labute approximate surface area is 145 Å². The third-order valence-electron chi connectivity index (χ3n) is 4.07. The normalized spacial score (nSPS) is 15.7. The standard InChI is InChI=1S/C17H22N2O2S2/c20-17(18-11-16-4-2-10-23-16)19-7-5-14(6-8-19)12-22-13-15-3-1-9-21-15/h1-4,9-10,14H,5-8,11-13H2,(H,18,20). The second-order valence-corrected chi connectivity index (χ2v) is 7.83. The second kappa shape index (κ2) is 8.45. The topological polar surface area (TPSA) is 45.5 Å². The van der Waals surface area contributed by atoms with Crippen molar-refractivity contribution in [1.82, 2.24) is 10.2 Å². The van der Waals surface area contributed by atoms with Crippen molar-refractivity contribution < 1.29 is 9.21 Å². The predicted octanol–water partition coefficient (Wildman–Crippen LogP) is 4.20. The monoisotopic (exact) mass is 350 g/mol. The van der Waals surface area contributed by atoms with Crippen molar-refractivity contribution in [2.75, 3.05) is 18.8 Å². The third-order valence-corrected chi connectivity index (χ3v) is 6.15. The summed E-state index contributed by atoms with van der Waals surface area (Å²) in [6.45, 7) is 2.36. The molecule has 3 rings (SSSR count). The summed E-state index contributed by atoms with van der Waals surface area (Å²) in [4.78, 5) is 15.3. The van der Waals surface area contributed by atoms with Crippen molar-refractivity contribution in [2.24, 2.45) is 5.92 Å². The number of rotatable bonds is 6. The lowest BCUT2D eigenvalue weighted by Crippen LogP contribution is -2.44. The molecule has 0 bridgehead atoms. The zero-order chi connectivity index (χ0) is 15.9. The van der Waals surface area contributed by atoms with Crippen molar-refractivity contribution in [3.63, 3.8) is 0 Å². The van der Waals surface area contributed by atoms with Crippen LogP contribution in [0.5, 0.6) is 0 Å². The van der Waals surface area contributed by atoms with Gasteiger partial charge in [-0.15, -0.1) is 11.3 Å². The van der Waals surface area contributed by atoms with Crippen molar-refractivity contribution in [2.45, 2.75) is 25.1 Å². The van der Waals surface area contributed by atoms with Gasteiger partial charge in [-0.2, -0.15) is 11.8 Å². The lowest BCUT2D eigenvalue weighted by molar-refractivity contribution is 0.174. The van der Waals surface area contributed by atoms with Gasteiger partial charge >= 0.3 is 6.03 Å². The summed E-state index contributed by atoms with van der Waals surface area (Å²) in [5.41, 5.74) is 0. The fourth-order valence-corrected chi connectivity index (χ4v) is 4.51. The maximum absolute atomic E-state index is 12.2. The number of piperidine rings is 1. The molecule has 0 saturated carbocycles. The van der Waals surface area contributed by atoms with E-state index in [9.17, 15) is 4.79 Å². The van der Waals surface area contributed by atoms with E-state index in [0.29, 0.717) is 12.5 Å². The van der Waals surface area contributed by atoms with E-state index in [1.54, 1.807) is 17.6 Å². The molecule has 6 heteroatoms. The van der Waals surface area contributed by atoms with Crippen molar-refractivity contribution in [1.29, 1.82) is 0 Å². The summed E-state index contributed by atoms with van der Waals surface area (Å²) >= 11 is 3.60. The van der Waals surface area contributed by atoms with E-state index in [1.807, 2.05) is 46.3 Å². The van der Waals surface area contributed by atoms with Crippen LogP contribution in [0.25, 0.3) is 0 Å². The van der Waals surface area contributed by atoms with E-state index in [2.05, 4.69) is 5.32 Å². The average Bonchev–Trinajstić information content (AvgIpc) is 3.27. The lowest BCUT2D eigenvalue weighted by Gasteiger charge is -2.31. The minimum atomic E-state index is 0.0695. The Morgan fingerprint density at radius 3 is 2.91 bits per heavy atom. The number of urea groups is 1. The first kappa shape index (κ1) is 16.5. The van der Waals surface area contributed by atoms with E-state index in [4.69, 9.17) is 4.42 Å². The van der Waals surface area contributed by atoms with Gasteiger partial charge in [-0.3, -0.25) is 0 Å². The van der Waals surface area contributed by atoms with Crippen molar-refractivity contribution in [3.8, 4) is 0 Å². The van der Waals surface area contributed by atoms with E-state index in [1.165, 1.54) is 4.88 Å². The molecule has 3 heterocycles. The Hall–Kier alpha value is -1.40. The summed E-state index contributed by atoms with van der Waals surface area (Å²) in [7, 11) is 0. The molecular formula is C17H22N2O2S2. The van der Waals surface area contributed by atoms with Gasteiger partial charge in [0.1, 0.15) is 5.76 Å². The zero-order valence-corrected chi connectivity index (χ0v) is 14.7. The van der Waals surface area contributed by atoms with Crippen molar-refractivity contribution >= 4 is 29.1 Å². The number of hydrogen-bond acceptors (Lipinski definition) is 4. The highest BCUT2D eigenvalue weighted by molar-refractivity contribution is 7.98. The fourth-order valence-electron chi connectivity index (χ4n) is 2.71. The summed E-state index contributed by atoms with van der Waals surface area (Å²) in [6.07, 6.45) is 3.92. The molecule has 1 aliphatic heterocycles. The first-order valence-corrected chi connectivity index (χ1v) is 10.00. The van der Waals surface area contributed by atoms with Gasteiger partial charge in [0.25, 0.3) is 0 Å². The number of nitrogens with one attached hydrogen (secondary N) is 1. The van der Waals surface area contributed by atoms with Gasteiger partial charge in [0.2, 0.25) is 0 Å². The van der Waals surface area contributed by atoms with E-state index in [-0.39, 0.29) is 6.03 Å². The highest BCUT2D eigenvalue weighted by Gasteiger charge is 2.22. The summed E-state index contributed by atoms with van der Waals surface area (Å²) in [6, 6.07) is 8.09. The van der Waals surface area contributed by atoms with Gasteiger partial charge in [0.05, 0.1) is 18.6 Å². The highest BCUT2D eigenvalue weighted by Crippen LogP contribution is 2.24. The number of carbonyl (C=O) groups excluding carboxylic acids is 1. The molecule has 0 aromatic carbocycles. The Kier molecular flexibility index (Phi) is 6.05. The fraction of sp³-hybridized carbons (Fsp3) is 0.471. The number of hydrogen-bond donors (Lipinski definition) is 1. The summed E-state index contributed by atoms with van der Waals surface area (Å²) < 4.78 is 5.35. The molecule has 1 aliphatic rings. The smallest absolute Gasteiger partial charge is 0.317 e. The predicted molar refractivity (Wildman–Crippen MR) is 95.7 cm³/mol. The van der Waals surface area contributed by atoms with E-state index < -0.39 is 0 Å². The summed E-state index contributed by atoms with van der Waals surface area (Å²) in [5, 5.41) is 5.05. The molecule has 0 unspecified atom stereocenters. The molecule has 124 valence electrons. The van der Waals surface area contributed by atoms with Crippen LogP contribution in [0, 0.1) is 5.92 Å². The number of amides is 2. The maximum atomic E-state index is 12.2. The van der Waals surface area contributed by atoms with Gasteiger partial charge in [0, 0.05) is 18.0 Å². The van der Waals surface area contributed by atoms with E-state index in [0.717, 1.165) is 43.2 Å². The number of thiophene rings is 1. The SMILES string of the molecule is O=C(NCc1cccs1)N1CCC(CSCc2ccco2)CC1. The molecule has 1 N–H and O–H groups in total. The Bertz CT molecular complexity index is 576. The molecule has 2 amide bonds. The van der Waals surface area contributed by atoms with Crippen LogP contribution in [0.2, 0.25) is 0 Å². The molecule has 23 heavy (non-hydrogen) atoms. The molecular weight excluding hydrogens is 328 g/mol. The van der Waals surface area contributed by atoms with Gasteiger partial charge in [-0.1, -0.05) is 6.07 Å². The maximum Gasteiger partial charge on any atom is 0.317 e. The molecule has 0 radical (unpaired) electrons.